The number of hydrogen-bond acceptors (Lipinski definition) is 3. The molecule has 1 aliphatic heterocycles. The van der Waals surface area contributed by atoms with Crippen LogP contribution in [0.4, 0.5) is 0 Å². The predicted molar refractivity (Wildman–Crippen MR) is 123 cm³/mol. The third kappa shape index (κ3) is 5.46. The predicted octanol–water partition coefficient (Wildman–Crippen LogP) is 4.45. The number of rotatable bonds is 8. The van der Waals surface area contributed by atoms with Crippen LogP contribution < -0.4 is 4.74 Å². The number of carbonyl (C=O) groups excluding carboxylic acids is 2. The molecule has 31 heavy (non-hydrogen) atoms. The van der Waals surface area contributed by atoms with Gasteiger partial charge in [0, 0.05) is 26.1 Å². The second-order valence-electron chi connectivity index (χ2n) is 8.46. The molecular weight excluding hydrogens is 388 g/mol. The van der Waals surface area contributed by atoms with Crippen molar-refractivity contribution in [3.05, 3.63) is 65.2 Å². The largest absolute Gasteiger partial charge is 0.484 e. The van der Waals surface area contributed by atoms with E-state index in [9.17, 15) is 9.59 Å². The molecule has 2 aromatic carbocycles. The Morgan fingerprint density at radius 2 is 1.81 bits per heavy atom. The molecule has 0 spiro atoms. The zero-order valence-corrected chi connectivity index (χ0v) is 19.1. The molecule has 0 aliphatic carbocycles. The molecule has 0 radical (unpaired) electrons. The molecule has 3 rings (SSSR count). The number of carbonyl (C=O) groups is 2. The normalized spacial score (nSPS) is 15.5. The van der Waals surface area contributed by atoms with Crippen LogP contribution >= 0.6 is 0 Å². The first-order valence-corrected chi connectivity index (χ1v) is 11.3. The third-order valence-corrected chi connectivity index (χ3v) is 5.84. The van der Waals surface area contributed by atoms with Crippen LogP contribution in [0.15, 0.2) is 48.5 Å². The third-order valence-electron chi connectivity index (χ3n) is 5.84. The molecule has 0 N–H and O–H groups in total. The summed E-state index contributed by atoms with van der Waals surface area (Å²) in [7, 11) is 0. The molecule has 1 unspecified atom stereocenters. The van der Waals surface area contributed by atoms with Crippen molar-refractivity contribution in [3.63, 3.8) is 0 Å². The quantitative estimate of drug-likeness (QED) is 0.631. The van der Waals surface area contributed by atoms with Crippen molar-refractivity contribution in [2.75, 3.05) is 26.2 Å². The Kier molecular flexibility index (Phi) is 7.72. The van der Waals surface area contributed by atoms with Crippen LogP contribution in [0, 0.1) is 5.92 Å². The van der Waals surface area contributed by atoms with Gasteiger partial charge in [-0.05, 0) is 55.0 Å². The molecule has 0 saturated carbocycles. The van der Waals surface area contributed by atoms with E-state index in [4.69, 9.17) is 4.74 Å². The maximum absolute atomic E-state index is 13.1. The Bertz CT molecular complexity index is 891. The summed E-state index contributed by atoms with van der Waals surface area (Å²) in [6.45, 7) is 10.2. The Labute approximate surface area is 186 Å². The second kappa shape index (κ2) is 10.5. The van der Waals surface area contributed by atoms with Crippen LogP contribution in [0.5, 0.6) is 5.75 Å². The molecule has 0 bridgehead atoms. The van der Waals surface area contributed by atoms with Gasteiger partial charge in [0.05, 0.1) is 6.04 Å². The van der Waals surface area contributed by atoms with Gasteiger partial charge in [-0.25, -0.2) is 0 Å². The lowest BCUT2D eigenvalue weighted by Crippen LogP contribution is -2.41. The lowest BCUT2D eigenvalue weighted by molar-refractivity contribution is -0.134. The van der Waals surface area contributed by atoms with Gasteiger partial charge in [0.15, 0.2) is 6.61 Å². The van der Waals surface area contributed by atoms with E-state index in [-0.39, 0.29) is 24.5 Å². The van der Waals surface area contributed by atoms with E-state index in [1.807, 2.05) is 49.1 Å². The van der Waals surface area contributed by atoms with Crippen molar-refractivity contribution in [1.82, 2.24) is 9.80 Å². The van der Waals surface area contributed by atoms with Crippen LogP contribution in [0.3, 0.4) is 0 Å². The van der Waals surface area contributed by atoms with Crippen molar-refractivity contribution in [2.45, 2.75) is 46.6 Å². The van der Waals surface area contributed by atoms with Crippen LogP contribution in [-0.2, 0) is 16.0 Å². The highest BCUT2D eigenvalue weighted by atomic mass is 16.5. The van der Waals surface area contributed by atoms with Gasteiger partial charge in [-0.2, -0.15) is 0 Å². The summed E-state index contributed by atoms with van der Waals surface area (Å²) >= 11 is 0. The summed E-state index contributed by atoms with van der Waals surface area (Å²) in [4.78, 5) is 29.2. The standard InChI is InChI=1S/C26H34N2O3/c1-5-27(6-2)25(30)18-31-22-13-12-20-14-15-28(24(29)16-19(3)4)26(23(20)17-22)21-10-8-7-9-11-21/h7-13,17,19,26H,5-6,14-16,18H2,1-4H3. The molecule has 166 valence electrons. The zero-order valence-electron chi connectivity index (χ0n) is 19.1. The van der Waals surface area contributed by atoms with E-state index in [0.717, 1.165) is 17.5 Å². The minimum Gasteiger partial charge on any atom is -0.484 e. The highest BCUT2D eigenvalue weighted by Gasteiger charge is 2.32. The van der Waals surface area contributed by atoms with Gasteiger partial charge < -0.3 is 14.5 Å². The van der Waals surface area contributed by atoms with Gasteiger partial charge in [-0.3, -0.25) is 9.59 Å². The molecule has 5 nitrogen and oxygen atoms in total. The van der Waals surface area contributed by atoms with Gasteiger partial charge in [0.2, 0.25) is 5.91 Å². The van der Waals surface area contributed by atoms with Crippen LogP contribution in [0.1, 0.15) is 56.8 Å². The van der Waals surface area contributed by atoms with Gasteiger partial charge in [0.1, 0.15) is 5.75 Å². The van der Waals surface area contributed by atoms with Gasteiger partial charge in [-0.15, -0.1) is 0 Å². The molecule has 1 atom stereocenters. The summed E-state index contributed by atoms with van der Waals surface area (Å²) in [5, 5.41) is 0. The number of benzene rings is 2. The fraction of sp³-hybridized carbons (Fsp3) is 0.462. The Balaban J connectivity index is 1.90. The minimum absolute atomic E-state index is 0.0175. The van der Waals surface area contributed by atoms with Gasteiger partial charge in [0.25, 0.3) is 5.91 Å². The van der Waals surface area contributed by atoms with E-state index in [1.165, 1.54) is 5.56 Å². The van der Waals surface area contributed by atoms with E-state index in [0.29, 0.717) is 37.7 Å². The summed E-state index contributed by atoms with van der Waals surface area (Å²) in [5.41, 5.74) is 3.41. The first-order chi connectivity index (χ1) is 14.9. The zero-order chi connectivity index (χ0) is 22.4. The first-order valence-electron chi connectivity index (χ1n) is 11.3. The van der Waals surface area contributed by atoms with Crippen molar-refractivity contribution in [2.24, 2.45) is 5.92 Å². The van der Waals surface area contributed by atoms with E-state index in [2.05, 4.69) is 32.0 Å². The first kappa shape index (κ1) is 22.9. The maximum atomic E-state index is 13.1. The number of fused-ring (bicyclic) bond motifs is 1. The molecule has 0 fully saturated rings. The fourth-order valence-corrected chi connectivity index (χ4v) is 4.23. The molecule has 0 saturated heterocycles. The highest BCUT2D eigenvalue weighted by molar-refractivity contribution is 5.78. The van der Waals surface area contributed by atoms with Crippen LogP contribution in [0.2, 0.25) is 0 Å². The van der Waals surface area contributed by atoms with Crippen LogP contribution in [0.25, 0.3) is 0 Å². The van der Waals surface area contributed by atoms with Gasteiger partial charge in [-0.1, -0.05) is 50.2 Å². The van der Waals surface area contributed by atoms with Crippen molar-refractivity contribution in [1.29, 1.82) is 0 Å². The minimum atomic E-state index is -0.141. The molecule has 2 amide bonds. The SMILES string of the molecule is CCN(CC)C(=O)COc1ccc2c(c1)C(c1ccccc1)N(C(=O)CC(C)C)CC2. The summed E-state index contributed by atoms with van der Waals surface area (Å²) in [6, 6.07) is 16.0. The number of ether oxygens (including phenoxy) is 1. The fourth-order valence-electron chi connectivity index (χ4n) is 4.23. The molecule has 2 aromatic rings. The average molecular weight is 423 g/mol. The Morgan fingerprint density at radius 1 is 1.10 bits per heavy atom. The van der Waals surface area contributed by atoms with Gasteiger partial charge >= 0.3 is 0 Å². The second-order valence-corrected chi connectivity index (χ2v) is 8.46. The number of likely N-dealkylation sites (N-methyl/N-ethyl adjacent to an activating group) is 1. The summed E-state index contributed by atoms with van der Waals surface area (Å²) in [5.74, 6) is 1.14. The summed E-state index contributed by atoms with van der Waals surface area (Å²) < 4.78 is 5.87. The number of amides is 2. The molecule has 0 aromatic heterocycles. The summed E-state index contributed by atoms with van der Waals surface area (Å²) in [6.07, 6.45) is 1.36. The van der Waals surface area contributed by atoms with Crippen molar-refractivity contribution >= 4 is 11.8 Å². The number of hydrogen-bond donors (Lipinski definition) is 0. The monoisotopic (exact) mass is 422 g/mol. The average Bonchev–Trinajstić information content (AvgIpc) is 2.77. The van der Waals surface area contributed by atoms with Crippen LogP contribution in [-0.4, -0.2) is 47.9 Å². The lowest BCUT2D eigenvalue weighted by Gasteiger charge is -2.38. The van der Waals surface area contributed by atoms with E-state index in [1.54, 1.807) is 4.90 Å². The molecule has 1 aliphatic rings. The van der Waals surface area contributed by atoms with Crippen molar-refractivity contribution < 1.29 is 14.3 Å². The topological polar surface area (TPSA) is 49.9 Å². The molecular formula is C26H34N2O3. The number of nitrogens with zero attached hydrogens (tertiary/aromatic N) is 2. The molecule has 1 heterocycles. The maximum Gasteiger partial charge on any atom is 0.260 e. The van der Waals surface area contributed by atoms with E-state index >= 15 is 0 Å². The lowest BCUT2D eigenvalue weighted by atomic mass is 9.87. The Morgan fingerprint density at radius 3 is 2.45 bits per heavy atom. The highest BCUT2D eigenvalue weighted by Crippen LogP contribution is 2.37. The molecule has 5 heteroatoms. The van der Waals surface area contributed by atoms with Crippen molar-refractivity contribution in [3.8, 4) is 5.75 Å². The Hall–Kier alpha value is -2.82. The smallest absolute Gasteiger partial charge is 0.260 e. The van der Waals surface area contributed by atoms with E-state index < -0.39 is 0 Å².